The van der Waals surface area contributed by atoms with E-state index < -0.39 is 0 Å². The Hall–Kier alpha value is -2.50. The average molecular weight is 271 g/mol. The Labute approximate surface area is 117 Å². The summed E-state index contributed by atoms with van der Waals surface area (Å²) < 4.78 is 0. The Morgan fingerprint density at radius 3 is 2.60 bits per heavy atom. The van der Waals surface area contributed by atoms with Crippen molar-refractivity contribution in [2.24, 2.45) is 0 Å². The molecule has 0 aromatic carbocycles. The number of hydrogen-bond acceptors (Lipinski definition) is 5. The van der Waals surface area contributed by atoms with Gasteiger partial charge in [-0.25, -0.2) is 9.97 Å². The van der Waals surface area contributed by atoms with Crippen LogP contribution in [0.25, 0.3) is 0 Å². The van der Waals surface area contributed by atoms with E-state index in [0.717, 1.165) is 11.4 Å². The second-order valence-corrected chi connectivity index (χ2v) is 4.65. The summed E-state index contributed by atoms with van der Waals surface area (Å²) in [6.07, 6.45) is 0. The average Bonchev–Trinajstić information content (AvgIpc) is 2.37. The van der Waals surface area contributed by atoms with Crippen LogP contribution in [0.1, 0.15) is 40.5 Å². The van der Waals surface area contributed by atoms with Crippen LogP contribution in [0, 0.1) is 13.8 Å². The zero-order valence-corrected chi connectivity index (χ0v) is 11.7. The summed E-state index contributed by atoms with van der Waals surface area (Å²) in [5.74, 6) is -0.200. The molecule has 0 saturated carbocycles. The van der Waals surface area contributed by atoms with E-state index >= 15 is 0 Å². The number of anilines is 1. The SMILES string of the molecule is Cc1cccc(C(C)NC(=O)c2cc(C)nc(N)n2)n1. The lowest BCUT2D eigenvalue weighted by molar-refractivity contribution is 0.0934. The van der Waals surface area contributed by atoms with Gasteiger partial charge < -0.3 is 11.1 Å². The molecule has 2 aromatic rings. The van der Waals surface area contributed by atoms with Crippen molar-refractivity contribution in [1.29, 1.82) is 0 Å². The van der Waals surface area contributed by atoms with Crippen molar-refractivity contribution < 1.29 is 4.79 Å². The molecule has 20 heavy (non-hydrogen) atoms. The van der Waals surface area contributed by atoms with Crippen LogP contribution in [0.4, 0.5) is 5.95 Å². The number of nitrogen functional groups attached to an aromatic ring is 1. The fourth-order valence-corrected chi connectivity index (χ4v) is 1.86. The fourth-order valence-electron chi connectivity index (χ4n) is 1.86. The summed E-state index contributed by atoms with van der Waals surface area (Å²) >= 11 is 0. The van der Waals surface area contributed by atoms with E-state index in [1.807, 2.05) is 32.0 Å². The van der Waals surface area contributed by atoms with Crippen molar-refractivity contribution in [3.63, 3.8) is 0 Å². The van der Waals surface area contributed by atoms with Gasteiger partial charge in [-0.3, -0.25) is 9.78 Å². The first-order valence-electron chi connectivity index (χ1n) is 6.31. The molecule has 3 N–H and O–H groups in total. The van der Waals surface area contributed by atoms with Crippen LogP contribution in [-0.4, -0.2) is 20.9 Å². The molecule has 0 aliphatic heterocycles. The Balaban J connectivity index is 2.15. The van der Waals surface area contributed by atoms with Crippen LogP contribution >= 0.6 is 0 Å². The molecule has 104 valence electrons. The van der Waals surface area contributed by atoms with E-state index in [0.29, 0.717) is 5.69 Å². The molecule has 1 unspecified atom stereocenters. The van der Waals surface area contributed by atoms with E-state index in [2.05, 4.69) is 20.3 Å². The van der Waals surface area contributed by atoms with Gasteiger partial charge in [0, 0.05) is 11.4 Å². The van der Waals surface area contributed by atoms with E-state index in [1.54, 1.807) is 13.0 Å². The number of carbonyl (C=O) groups is 1. The number of hydrogen-bond donors (Lipinski definition) is 2. The van der Waals surface area contributed by atoms with Crippen LogP contribution in [0.5, 0.6) is 0 Å². The molecule has 6 heteroatoms. The molecule has 2 heterocycles. The molecule has 2 aromatic heterocycles. The number of nitrogens with zero attached hydrogens (tertiary/aromatic N) is 3. The van der Waals surface area contributed by atoms with Crippen LogP contribution in [0.2, 0.25) is 0 Å². The predicted molar refractivity (Wildman–Crippen MR) is 76.0 cm³/mol. The molecule has 1 atom stereocenters. The highest BCUT2D eigenvalue weighted by atomic mass is 16.1. The number of amides is 1. The summed E-state index contributed by atoms with van der Waals surface area (Å²) in [7, 11) is 0. The smallest absolute Gasteiger partial charge is 0.270 e. The maximum atomic E-state index is 12.1. The molecule has 0 aliphatic rings. The number of nitrogens with one attached hydrogen (secondary N) is 1. The maximum Gasteiger partial charge on any atom is 0.270 e. The highest BCUT2D eigenvalue weighted by molar-refractivity contribution is 5.92. The van der Waals surface area contributed by atoms with Crippen LogP contribution in [0.3, 0.4) is 0 Å². The van der Waals surface area contributed by atoms with Crippen molar-refractivity contribution in [3.8, 4) is 0 Å². The Morgan fingerprint density at radius 2 is 1.95 bits per heavy atom. The standard InChI is InChI=1S/C14H17N5O/c1-8-5-4-6-11(16-8)10(3)18-13(20)12-7-9(2)17-14(15)19-12/h4-7,10H,1-3H3,(H,18,20)(H2,15,17,19). The quantitative estimate of drug-likeness (QED) is 0.883. The van der Waals surface area contributed by atoms with Crippen LogP contribution in [-0.2, 0) is 0 Å². The van der Waals surface area contributed by atoms with Crippen molar-refractivity contribution in [1.82, 2.24) is 20.3 Å². The zero-order valence-electron chi connectivity index (χ0n) is 11.7. The minimum atomic E-state index is -0.294. The minimum absolute atomic E-state index is 0.0940. The highest BCUT2D eigenvalue weighted by Crippen LogP contribution is 2.11. The molecular weight excluding hydrogens is 254 g/mol. The zero-order chi connectivity index (χ0) is 14.7. The molecule has 0 radical (unpaired) electrons. The lowest BCUT2D eigenvalue weighted by Gasteiger charge is -2.13. The van der Waals surface area contributed by atoms with Crippen molar-refractivity contribution >= 4 is 11.9 Å². The van der Waals surface area contributed by atoms with Crippen molar-refractivity contribution in [2.45, 2.75) is 26.8 Å². The molecule has 0 aliphatic carbocycles. The highest BCUT2D eigenvalue weighted by Gasteiger charge is 2.14. The van der Waals surface area contributed by atoms with E-state index in [1.165, 1.54) is 0 Å². The maximum absolute atomic E-state index is 12.1. The van der Waals surface area contributed by atoms with Gasteiger partial charge in [0.1, 0.15) is 5.69 Å². The largest absolute Gasteiger partial charge is 0.368 e. The summed E-state index contributed by atoms with van der Waals surface area (Å²) in [5, 5.41) is 2.85. The van der Waals surface area contributed by atoms with E-state index in [9.17, 15) is 4.79 Å². The number of aromatic nitrogens is 3. The van der Waals surface area contributed by atoms with Gasteiger partial charge in [-0.2, -0.15) is 0 Å². The molecule has 0 bridgehead atoms. The number of carbonyl (C=O) groups excluding carboxylic acids is 1. The summed E-state index contributed by atoms with van der Waals surface area (Å²) in [4.78, 5) is 24.4. The monoisotopic (exact) mass is 271 g/mol. The van der Waals surface area contributed by atoms with Gasteiger partial charge in [-0.1, -0.05) is 6.07 Å². The molecule has 6 nitrogen and oxygen atoms in total. The second kappa shape index (κ2) is 5.64. The van der Waals surface area contributed by atoms with Crippen molar-refractivity contribution in [3.05, 3.63) is 47.0 Å². The molecule has 1 amide bonds. The summed E-state index contributed by atoms with van der Waals surface area (Å²) in [5.41, 5.74) is 8.17. The van der Waals surface area contributed by atoms with Crippen LogP contribution in [0.15, 0.2) is 24.3 Å². The summed E-state index contributed by atoms with van der Waals surface area (Å²) in [6, 6.07) is 7.08. The van der Waals surface area contributed by atoms with Gasteiger partial charge in [0.15, 0.2) is 0 Å². The number of pyridine rings is 1. The lowest BCUT2D eigenvalue weighted by atomic mass is 10.2. The lowest BCUT2D eigenvalue weighted by Crippen LogP contribution is -2.28. The first kappa shape index (κ1) is 13.9. The van der Waals surface area contributed by atoms with Crippen LogP contribution < -0.4 is 11.1 Å². The topological polar surface area (TPSA) is 93.8 Å². The first-order chi connectivity index (χ1) is 9.45. The van der Waals surface area contributed by atoms with Gasteiger partial charge in [-0.05, 0) is 39.0 Å². The Kier molecular flexibility index (Phi) is 3.93. The number of aryl methyl sites for hydroxylation is 2. The molecule has 0 saturated heterocycles. The van der Waals surface area contributed by atoms with E-state index in [-0.39, 0.29) is 23.6 Å². The molecule has 2 rings (SSSR count). The molecule has 0 spiro atoms. The third kappa shape index (κ3) is 3.28. The molecular formula is C14H17N5O. The third-order valence-corrected chi connectivity index (χ3v) is 2.81. The Bertz CT molecular complexity index is 621. The minimum Gasteiger partial charge on any atom is -0.368 e. The first-order valence-corrected chi connectivity index (χ1v) is 6.31. The normalized spacial score (nSPS) is 11.9. The van der Waals surface area contributed by atoms with Gasteiger partial charge in [0.25, 0.3) is 5.91 Å². The fraction of sp³-hybridized carbons (Fsp3) is 0.286. The second-order valence-electron chi connectivity index (χ2n) is 4.65. The third-order valence-electron chi connectivity index (χ3n) is 2.81. The predicted octanol–water partition coefficient (Wildman–Crippen LogP) is 1.56. The van der Waals surface area contributed by atoms with Crippen molar-refractivity contribution in [2.75, 3.05) is 5.73 Å². The number of rotatable bonds is 3. The summed E-state index contributed by atoms with van der Waals surface area (Å²) in [6.45, 7) is 5.55. The van der Waals surface area contributed by atoms with Gasteiger partial charge in [0.05, 0.1) is 11.7 Å². The Morgan fingerprint density at radius 1 is 1.20 bits per heavy atom. The molecule has 0 fully saturated rings. The van der Waals surface area contributed by atoms with Gasteiger partial charge >= 0.3 is 0 Å². The van der Waals surface area contributed by atoms with Gasteiger partial charge in [-0.15, -0.1) is 0 Å². The number of nitrogens with two attached hydrogens (primary N) is 1. The van der Waals surface area contributed by atoms with E-state index in [4.69, 9.17) is 5.73 Å². The van der Waals surface area contributed by atoms with Gasteiger partial charge in [0.2, 0.25) is 5.95 Å².